The molecule has 0 aliphatic carbocycles. The van der Waals surface area contributed by atoms with E-state index in [0.29, 0.717) is 0 Å². The number of aromatic amines is 1. The maximum absolute atomic E-state index is 11.8. The number of aromatic nitrogens is 1. The second-order valence-electron chi connectivity index (χ2n) is 4.39. The first-order valence-corrected chi connectivity index (χ1v) is 6.06. The van der Waals surface area contributed by atoms with Crippen molar-refractivity contribution in [3.63, 3.8) is 0 Å². The lowest BCUT2D eigenvalue weighted by molar-refractivity contribution is -0.142. The van der Waals surface area contributed by atoms with Gasteiger partial charge in [-0.1, -0.05) is 0 Å². The Hall–Kier alpha value is -1.72. The van der Waals surface area contributed by atoms with Crippen molar-refractivity contribution in [3.05, 3.63) is 29.5 Å². The van der Waals surface area contributed by atoms with Crippen LogP contribution in [0.1, 0.15) is 17.2 Å². The van der Waals surface area contributed by atoms with Gasteiger partial charge in [-0.25, -0.2) is 0 Å². The quantitative estimate of drug-likeness (QED) is 0.848. The summed E-state index contributed by atoms with van der Waals surface area (Å²) in [5, 5.41) is 0.942. The van der Waals surface area contributed by atoms with Crippen LogP contribution in [0.2, 0.25) is 0 Å². The molecule has 0 spiro atoms. The van der Waals surface area contributed by atoms with Gasteiger partial charge < -0.3 is 20.2 Å². The zero-order valence-corrected chi connectivity index (χ0v) is 12.5. The fourth-order valence-corrected chi connectivity index (χ4v) is 2.38. The van der Waals surface area contributed by atoms with Crippen LogP contribution >= 0.6 is 12.4 Å². The van der Waals surface area contributed by atoms with E-state index in [1.54, 1.807) is 7.11 Å². The topological polar surface area (TPSA) is 77.3 Å². The third-order valence-electron chi connectivity index (χ3n) is 3.31. The molecule has 0 amide bonds. The number of benzene rings is 1. The van der Waals surface area contributed by atoms with Crippen molar-refractivity contribution >= 4 is 29.3 Å². The molecule has 1 atom stereocenters. The molecule has 0 saturated carbocycles. The molecule has 20 heavy (non-hydrogen) atoms. The largest absolute Gasteiger partial charge is 0.497 e. The Morgan fingerprint density at radius 1 is 1.40 bits per heavy atom. The van der Waals surface area contributed by atoms with Crippen LogP contribution in [-0.2, 0) is 9.53 Å². The van der Waals surface area contributed by atoms with Crippen LogP contribution in [-0.4, -0.2) is 31.7 Å². The average molecular weight is 299 g/mol. The van der Waals surface area contributed by atoms with Crippen LogP contribution in [0.3, 0.4) is 0 Å². The molecule has 110 valence electrons. The molecule has 0 bridgehead atoms. The van der Waals surface area contributed by atoms with E-state index < -0.39 is 5.92 Å². The van der Waals surface area contributed by atoms with Crippen LogP contribution in [0.4, 0.5) is 0 Å². The fraction of sp³-hybridized carbons (Fsp3) is 0.357. The second-order valence-corrected chi connectivity index (χ2v) is 4.39. The summed E-state index contributed by atoms with van der Waals surface area (Å²) in [4.78, 5) is 15.1. The van der Waals surface area contributed by atoms with Crippen molar-refractivity contribution in [2.45, 2.75) is 12.8 Å². The zero-order chi connectivity index (χ0) is 14.0. The third kappa shape index (κ3) is 2.73. The van der Waals surface area contributed by atoms with E-state index in [0.717, 1.165) is 27.9 Å². The molecule has 6 heteroatoms. The Balaban J connectivity index is 0.00000200. The molecule has 1 aromatic heterocycles. The lowest BCUT2D eigenvalue weighted by atomic mass is 9.96. The monoisotopic (exact) mass is 298 g/mol. The summed E-state index contributed by atoms with van der Waals surface area (Å²) in [6.07, 6.45) is 0. The molecule has 1 unspecified atom stereocenters. The lowest BCUT2D eigenvalue weighted by Gasteiger charge is -2.13. The second kappa shape index (κ2) is 6.63. The maximum atomic E-state index is 11.8. The number of halogens is 1. The predicted octanol–water partition coefficient (Wildman–Crippen LogP) is 2.12. The van der Waals surface area contributed by atoms with Gasteiger partial charge in [-0.05, 0) is 30.7 Å². The number of H-pyrrole nitrogens is 1. The van der Waals surface area contributed by atoms with Crippen LogP contribution in [0.15, 0.2) is 18.2 Å². The van der Waals surface area contributed by atoms with Crippen molar-refractivity contribution in [1.82, 2.24) is 4.98 Å². The van der Waals surface area contributed by atoms with Crippen molar-refractivity contribution in [1.29, 1.82) is 0 Å². The van der Waals surface area contributed by atoms with Crippen molar-refractivity contribution in [2.75, 3.05) is 20.8 Å². The fourth-order valence-electron chi connectivity index (χ4n) is 2.38. The van der Waals surface area contributed by atoms with Gasteiger partial charge in [0.25, 0.3) is 0 Å². The molecular weight excluding hydrogens is 280 g/mol. The minimum absolute atomic E-state index is 0. The van der Waals surface area contributed by atoms with Gasteiger partial charge in [0.2, 0.25) is 0 Å². The number of esters is 1. The normalized spacial score (nSPS) is 11.8. The Bertz CT molecular complexity index is 610. The van der Waals surface area contributed by atoms with Crippen LogP contribution in [0, 0.1) is 6.92 Å². The highest BCUT2D eigenvalue weighted by atomic mass is 35.5. The highest BCUT2D eigenvalue weighted by molar-refractivity contribution is 5.92. The van der Waals surface area contributed by atoms with Gasteiger partial charge in [0.1, 0.15) is 5.75 Å². The maximum Gasteiger partial charge on any atom is 0.314 e. The summed E-state index contributed by atoms with van der Waals surface area (Å²) in [5.74, 6) is -0.0476. The Kier molecular flexibility index (Phi) is 5.42. The number of methoxy groups -OCH3 is 2. The summed E-state index contributed by atoms with van der Waals surface area (Å²) in [6, 6.07) is 5.70. The highest BCUT2D eigenvalue weighted by Crippen LogP contribution is 2.31. The van der Waals surface area contributed by atoms with E-state index in [2.05, 4.69) is 4.98 Å². The smallest absolute Gasteiger partial charge is 0.314 e. The molecule has 0 radical (unpaired) electrons. The zero-order valence-electron chi connectivity index (χ0n) is 11.7. The highest BCUT2D eigenvalue weighted by Gasteiger charge is 2.25. The Morgan fingerprint density at radius 2 is 2.10 bits per heavy atom. The van der Waals surface area contributed by atoms with Gasteiger partial charge in [0.15, 0.2) is 0 Å². The number of fused-ring (bicyclic) bond motifs is 1. The minimum Gasteiger partial charge on any atom is -0.497 e. The summed E-state index contributed by atoms with van der Waals surface area (Å²) in [6.45, 7) is 2.13. The van der Waals surface area contributed by atoms with E-state index in [9.17, 15) is 4.79 Å². The van der Waals surface area contributed by atoms with Crippen molar-refractivity contribution in [3.8, 4) is 5.75 Å². The predicted molar refractivity (Wildman–Crippen MR) is 80.6 cm³/mol. The third-order valence-corrected chi connectivity index (χ3v) is 3.31. The molecule has 0 fully saturated rings. The first-order valence-electron chi connectivity index (χ1n) is 6.06. The number of carbonyl (C=O) groups excluding carboxylic acids is 1. The van der Waals surface area contributed by atoms with E-state index in [1.807, 2.05) is 25.1 Å². The minimum atomic E-state index is -0.467. The number of hydrogen-bond acceptors (Lipinski definition) is 4. The van der Waals surface area contributed by atoms with Crippen LogP contribution in [0.25, 0.3) is 10.9 Å². The molecule has 3 N–H and O–H groups in total. The summed E-state index contributed by atoms with van der Waals surface area (Å²) in [5.41, 5.74) is 8.48. The molecule has 0 saturated heterocycles. The average Bonchev–Trinajstić information content (AvgIpc) is 2.75. The molecule has 5 nitrogen and oxygen atoms in total. The first kappa shape index (κ1) is 16.3. The number of nitrogens with two attached hydrogens (primary N) is 1. The molecule has 1 aromatic carbocycles. The van der Waals surface area contributed by atoms with Gasteiger partial charge in [-0.15, -0.1) is 12.4 Å². The Labute approximate surface area is 123 Å². The number of carbonyl (C=O) groups is 1. The molecule has 0 aliphatic heterocycles. The van der Waals surface area contributed by atoms with E-state index in [1.165, 1.54) is 7.11 Å². The van der Waals surface area contributed by atoms with Crippen molar-refractivity contribution in [2.24, 2.45) is 5.73 Å². The van der Waals surface area contributed by atoms with Gasteiger partial charge in [-0.2, -0.15) is 0 Å². The summed E-state index contributed by atoms with van der Waals surface area (Å²) >= 11 is 0. The molecule has 2 aromatic rings. The Morgan fingerprint density at radius 3 is 2.65 bits per heavy atom. The number of hydrogen-bond donors (Lipinski definition) is 2. The standard InChI is InChI=1S/C14H18N2O3.ClH/c1-8-13(11(7-15)14(17)19-3)10-6-9(18-2)4-5-12(10)16-8;/h4-6,11,16H,7,15H2,1-3H3;1H. The number of aryl methyl sites for hydroxylation is 1. The SMILES string of the molecule is COC(=O)C(CN)c1c(C)[nH]c2ccc(OC)cc12.Cl. The number of ether oxygens (including phenoxy) is 2. The lowest BCUT2D eigenvalue weighted by Crippen LogP contribution is -2.23. The van der Waals surface area contributed by atoms with Crippen molar-refractivity contribution < 1.29 is 14.3 Å². The first-order chi connectivity index (χ1) is 9.12. The van der Waals surface area contributed by atoms with E-state index in [4.69, 9.17) is 15.2 Å². The molecule has 1 heterocycles. The van der Waals surface area contributed by atoms with Gasteiger partial charge in [0.05, 0.1) is 20.1 Å². The summed E-state index contributed by atoms with van der Waals surface area (Å²) in [7, 11) is 2.98. The van der Waals surface area contributed by atoms with E-state index >= 15 is 0 Å². The molecule has 2 rings (SSSR count). The van der Waals surface area contributed by atoms with Gasteiger partial charge in [0, 0.05) is 23.1 Å². The molecular formula is C14H19ClN2O3. The van der Waals surface area contributed by atoms with Crippen LogP contribution < -0.4 is 10.5 Å². The van der Waals surface area contributed by atoms with Crippen LogP contribution in [0.5, 0.6) is 5.75 Å². The van der Waals surface area contributed by atoms with E-state index in [-0.39, 0.29) is 24.9 Å². The summed E-state index contributed by atoms with van der Waals surface area (Å²) < 4.78 is 10.0. The number of nitrogens with one attached hydrogen (secondary N) is 1. The number of rotatable bonds is 4. The van der Waals surface area contributed by atoms with Gasteiger partial charge in [-0.3, -0.25) is 4.79 Å². The van der Waals surface area contributed by atoms with Gasteiger partial charge >= 0.3 is 5.97 Å². The molecule has 0 aliphatic rings.